The van der Waals surface area contributed by atoms with E-state index >= 15 is 0 Å². The molecule has 2 amide bonds. The van der Waals surface area contributed by atoms with Crippen LogP contribution in [0.4, 0.5) is 0 Å². The van der Waals surface area contributed by atoms with E-state index in [9.17, 15) is 14.7 Å². The maximum atomic E-state index is 11.6. The van der Waals surface area contributed by atoms with Crippen molar-refractivity contribution in [3.8, 4) is 0 Å². The Labute approximate surface area is 102 Å². The normalized spacial score (nSPS) is 17.8. The zero-order valence-electron chi connectivity index (χ0n) is 10.7. The van der Waals surface area contributed by atoms with Crippen molar-refractivity contribution in [2.45, 2.75) is 32.6 Å². The van der Waals surface area contributed by atoms with E-state index in [0.29, 0.717) is 6.54 Å². The maximum absolute atomic E-state index is 11.6. The highest BCUT2D eigenvalue weighted by Crippen LogP contribution is 2.36. The van der Waals surface area contributed by atoms with Gasteiger partial charge in [-0.1, -0.05) is 12.8 Å². The lowest BCUT2D eigenvalue weighted by Gasteiger charge is -2.27. The van der Waals surface area contributed by atoms with Crippen LogP contribution in [0.25, 0.3) is 0 Å². The van der Waals surface area contributed by atoms with E-state index in [2.05, 4.69) is 5.32 Å². The Kier molecular flexibility index (Phi) is 4.93. The Balaban J connectivity index is 2.34. The number of aliphatic hydroxyl groups is 1. The molecular formula is C12H22N2O3. The van der Waals surface area contributed by atoms with Gasteiger partial charge in [0.05, 0.1) is 13.2 Å². The van der Waals surface area contributed by atoms with Crippen LogP contribution in [0.3, 0.4) is 0 Å². The van der Waals surface area contributed by atoms with Gasteiger partial charge < -0.3 is 15.3 Å². The number of carbonyl (C=O) groups excluding carboxylic acids is 2. The second-order valence-electron chi connectivity index (χ2n) is 5.02. The predicted molar refractivity (Wildman–Crippen MR) is 64.3 cm³/mol. The molecule has 1 rings (SSSR count). The molecule has 0 aromatic rings. The van der Waals surface area contributed by atoms with Crippen molar-refractivity contribution in [1.29, 1.82) is 0 Å². The second-order valence-corrected chi connectivity index (χ2v) is 5.02. The van der Waals surface area contributed by atoms with Crippen molar-refractivity contribution in [2.75, 3.05) is 26.7 Å². The van der Waals surface area contributed by atoms with E-state index in [1.54, 1.807) is 7.05 Å². The smallest absolute Gasteiger partial charge is 0.239 e. The minimum atomic E-state index is -0.164. The number of aliphatic hydroxyl groups excluding tert-OH is 1. The second kappa shape index (κ2) is 6.00. The molecule has 0 aromatic heterocycles. The largest absolute Gasteiger partial charge is 0.396 e. The number of hydrogen-bond donors (Lipinski definition) is 2. The first kappa shape index (κ1) is 14.0. The fourth-order valence-electron chi connectivity index (χ4n) is 2.18. The molecule has 17 heavy (non-hydrogen) atoms. The van der Waals surface area contributed by atoms with Gasteiger partial charge in [0.1, 0.15) is 0 Å². The van der Waals surface area contributed by atoms with Gasteiger partial charge in [0.2, 0.25) is 11.8 Å². The molecule has 5 heteroatoms. The van der Waals surface area contributed by atoms with Gasteiger partial charge in [0, 0.05) is 25.9 Å². The van der Waals surface area contributed by atoms with Crippen LogP contribution in [0, 0.1) is 5.41 Å². The first-order valence-electron chi connectivity index (χ1n) is 6.08. The summed E-state index contributed by atoms with van der Waals surface area (Å²) in [5.41, 5.74) is -0.134. The van der Waals surface area contributed by atoms with Crippen LogP contribution in [0.2, 0.25) is 0 Å². The van der Waals surface area contributed by atoms with Gasteiger partial charge in [-0.2, -0.15) is 0 Å². The van der Waals surface area contributed by atoms with Crippen molar-refractivity contribution < 1.29 is 14.7 Å². The van der Waals surface area contributed by atoms with E-state index < -0.39 is 0 Å². The minimum absolute atomic E-state index is 0.0802. The predicted octanol–water partition coefficient (Wildman–Crippen LogP) is 0.134. The average Bonchev–Trinajstić information content (AvgIpc) is 2.75. The van der Waals surface area contributed by atoms with Gasteiger partial charge in [-0.25, -0.2) is 0 Å². The number of rotatable bonds is 5. The number of likely N-dealkylation sites (N-methyl/N-ethyl adjacent to an activating group) is 1. The lowest BCUT2D eigenvalue weighted by atomic mass is 9.87. The maximum Gasteiger partial charge on any atom is 0.239 e. The number of nitrogens with one attached hydrogen (secondary N) is 1. The molecule has 1 aliphatic rings. The highest BCUT2D eigenvalue weighted by molar-refractivity contribution is 5.83. The first-order chi connectivity index (χ1) is 7.99. The first-order valence-corrected chi connectivity index (χ1v) is 6.08. The summed E-state index contributed by atoms with van der Waals surface area (Å²) < 4.78 is 0. The molecule has 2 N–H and O–H groups in total. The zero-order valence-corrected chi connectivity index (χ0v) is 10.7. The lowest BCUT2D eigenvalue weighted by Crippen LogP contribution is -2.43. The highest BCUT2D eigenvalue weighted by Gasteiger charge is 2.33. The standard InChI is InChI=1S/C12H22N2O3/c1-10(16)14(2)7-11(17)13-8-12(9-15)5-3-4-6-12/h15H,3-9H2,1-2H3,(H,13,17). The van der Waals surface area contributed by atoms with Gasteiger partial charge in [-0.3, -0.25) is 9.59 Å². The summed E-state index contributed by atoms with van der Waals surface area (Å²) >= 11 is 0. The van der Waals surface area contributed by atoms with Crippen LogP contribution >= 0.6 is 0 Å². The van der Waals surface area contributed by atoms with Crippen molar-refractivity contribution in [2.24, 2.45) is 5.41 Å². The molecule has 0 atom stereocenters. The average molecular weight is 242 g/mol. The van der Waals surface area contributed by atoms with Crippen LogP contribution in [0.1, 0.15) is 32.6 Å². The Hall–Kier alpha value is -1.10. The Morgan fingerprint density at radius 3 is 2.41 bits per heavy atom. The summed E-state index contributed by atoms with van der Waals surface area (Å²) in [5.74, 6) is -0.291. The molecule has 1 aliphatic carbocycles. The molecule has 0 unspecified atom stereocenters. The van der Waals surface area contributed by atoms with Crippen molar-refractivity contribution in [3.63, 3.8) is 0 Å². The zero-order chi connectivity index (χ0) is 12.9. The van der Waals surface area contributed by atoms with Gasteiger partial charge in [0.15, 0.2) is 0 Å². The molecule has 1 fully saturated rings. The number of amides is 2. The van der Waals surface area contributed by atoms with Crippen molar-refractivity contribution in [1.82, 2.24) is 10.2 Å². The third-order valence-corrected chi connectivity index (χ3v) is 3.58. The summed E-state index contributed by atoms with van der Waals surface area (Å²) in [6, 6.07) is 0. The van der Waals surface area contributed by atoms with Crippen LogP contribution in [0.5, 0.6) is 0 Å². The molecular weight excluding hydrogens is 220 g/mol. The van der Waals surface area contributed by atoms with Crippen LogP contribution in [0.15, 0.2) is 0 Å². The fourth-order valence-corrected chi connectivity index (χ4v) is 2.18. The summed E-state index contributed by atoms with van der Waals surface area (Å²) in [6.45, 7) is 2.14. The Morgan fingerprint density at radius 1 is 1.35 bits per heavy atom. The summed E-state index contributed by atoms with van der Waals surface area (Å²) in [7, 11) is 1.60. The van der Waals surface area contributed by atoms with Gasteiger partial charge >= 0.3 is 0 Å². The van der Waals surface area contributed by atoms with Gasteiger partial charge in [0.25, 0.3) is 0 Å². The third-order valence-electron chi connectivity index (χ3n) is 3.58. The number of nitrogens with zero attached hydrogens (tertiary/aromatic N) is 1. The van der Waals surface area contributed by atoms with E-state index in [1.807, 2.05) is 0 Å². The minimum Gasteiger partial charge on any atom is -0.396 e. The van der Waals surface area contributed by atoms with Crippen molar-refractivity contribution >= 4 is 11.8 Å². The SMILES string of the molecule is CC(=O)N(C)CC(=O)NCC1(CO)CCCC1. The molecule has 98 valence electrons. The molecule has 0 saturated heterocycles. The van der Waals surface area contributed by atoms with Crippen LogP contribution in [-0.4, -0.2) is 48.6 Å². The fraction of sp³-hybridized carbons (Fsp3) is 0.833. The topological polar surface area (TPSA) is 69.6 Å². The number of hydrogen-bond acceptors (Lipinski definition) is 3. The summed E-state index contributed by atoms with van der Waals surface area (Å²) in [5, 5.41) is 12.2. The lowest BCUT2D eigenvalue weighted by molar-refractivity contribution is -0.133. The van der Waals surface area contributed by atoms with Crippen LogP contribution in [-0.2, 0) is 9.59 Å². The molecule has 0 radical (unpaired) electrons. The van der Waals surface area contributed by atoms with Crippen molar-refractivity contribution in [3.05, 3.63) is 0 Å². The quantitative estimate of drug-likeness (QED) is 0.720. The van der Waals surface area contributed by atoms with E-state index in [-0.39, 0.29) is 30.4 Å². The van der Waals surface area contributed by atoms with Gasteiger partial charge in [-0.15, -0.1) is 0 Å². The Bertz CT molecular complexity index is 285. The molecule has 0 heterocycles. The molecule has 0 bridgehead atoms. The summed E-state index contributed by atoms with van der Waals surface area (Å²) in [6.07, 6.45) is 4.16. The molecule has 1 saturated carbocycles. The highest BCUT2D eigenvalue weighted by atomic mass is 16.3. The molecule has 5 nitrogen and oxygen atoms in total. The van der Waals surface area contributed by atoms with E-state index in [0.717, 1.165) is 25.7 Å². The monoisotopic (exact) mass is 242 g/mol. The van der Waals surface area contributed by atoms with E-state index in [1.165, 1.54) is 11.8 Å². The molecule has 0 spiro atoms. The molecule has 0 aliphatic heterocycles. The molecule has 0 aromatic carbocycles. The Morgan fingerprint density at radius 2 is 1.94 bits per heavy atom. The number of carbonyl (C=O) groups is 2. The van der Waals surface area contributed by atoms with Gasteiger partial charge in [-0.05, 0) is 12.8 Å². The van der Waals surface area contributed by atoms with E-state index in [4.69, 9.17) is 0 Å². The third kappa shape index (κ3) is 4.00. The van der Waals surface area contributed by atoms with Crippen LogP contribution < -0.4 is 5.32 Å². The summed E-state index contributed by atoms with van der Waals surface area (Å²) in [4.78, 5) is 23.9.